The number of nitrogens with zero attached hydrogens (tertiary/aromatic N) is 1. The number of benzene rings is 1. The van der Waals surface area contributed by atoms with E-state index in [1.165, 1.54) is 12.1 Å². The van der Waals surface area contributed by atoms with Gasteiger partial charge < -0.3 is 10.5 Å². The van der Waals surface area contributed by atoms with Crippen molar-refractivity contribution in [1.29, 1.82) is 0 Å². The number of esters is 1. The molecular formula is C11H10F2N2O3. The highest BCUT2D eigenvalue weighted by molar-refractivity contribution is 6.08. The maximum absolute atomic E-state index is 13.7. The molecule has 1 aliphatic rings. The standard InChI is InChI=1S/C11H10F2N2O3/c1-18-9(16)5-15-8-3-2-6(14)4-7(8)11(12,13)10(15)17/h2-4H,5,14H2,1H3. The lowest BCUT2D eigenvalue weighted by Gasteiger charge is -2.15. The van der Waals surface area contributed by atoms with E-state index >= 15 is 0 Å². The predicted octanol–water partition coefficient (Wildman–Crippen LogP) is 0.880. The van der Waals surface area contributed by atoms with E-state index in [0.717, 1.165) is 13.2 Å². The van der Waals surface area contributed by atoms with Crippen LogP contribution in [-0.4, -0.2) is 25.5 Å². The van der Waals surface area contributed by atoms with Crippen LogP contribution >= 0.6 is 0 Å². The number of hydrogen-bond acceptors (Lipinski definition) is 4. The fourth-order valence-electron chi connectivity index (χ4n) is 1.79. The normalized spacial score (nSPS) is 16.6. The van der Waals surface area contributed by atoms with Gasteiger partial charge in [-0.3, -0.25) is 14.5 Å². The third-order valence-electron chi connectivity index (χ3n) is 2.68. The van der Waals surface area contributed by atoms with E-state index in [9.17, 15) is 18.4 Å². The largest absolute Gasteiger partial charge is 0.468 e. The summed E-state index contributed by atoms with van der Waals surface area (Å²) in [6, 6.07) is 3.70. The maximum atomic E-state index is 13.7. The summed E-state index contributed by atoms with van der Waals surface area (Å²) in [5.41, 5.74) is 5.03. The molecule has 7 heteroatoms. The number of carbonyl (C=O) groups is 2. The van der Waals surface area contributed by atoms with Gasteiger partial charge in [-0.2, -0.15) is 8.78 Å². The Hall–Kier alpha value is -2.18. The summed E-state index contributed by atoms with van der Waals surface area (Å²) in [5, 5.41) is 0. The lowest BCUT2D eigenvalue weighted by atomic mass is 10.1. The number of alkyl halides is 2. The number of ether oxygens (including phenoxy) is 1. The zero-order chi connectivity index (χ0) is 13.5. The van der Waals surface area contributed by atoms with Crippen LogP contribution in [0.3, 0.4) is 0 Å². The van der Waals surface area contributed by atoms with Crippen LogP contribution in [0.25, 0.3) is 0 Å². The molecule has 1 aromatic carbocycles. The number of anilines is 2. The maximum Gasteiger partial charge on any atom is 0.352 e. The van der Waals surface area contributed by atoms with Crippen molar-refractivity contribution < 1.29 is 23.1 Å². The Morgan fingerprint density at radius 3 is 2.78 bits per heavy atom. The smallest absolute Gasteiger partial charge is 0.352 e. The van der Waals surface area contributed by atoms with Crippen molar-refractivity contribution in [2.45, 2.75) is 5.92 Å². The van der Waals surface area contributed by atoms with Gasteiger partial charge in [0.25, 0.3) is 0 Å². The zero-order valence-electron chi connectivity index (χ0n) is 9.44. The molecule has 2 rings (SSSR count). The number of nitrogens with two attached hydrogens (primary N) is 1. The van der Waals surface area contributed by atoms with Crippen LogP contribution in [0, 0.1) is 0 Å². The fourth-order valence-corrected chi connectivity index (χ4v) is 1.79. The van der Waals surface area contributed by atoms with Crippen molar-refractivity contribution in [3.05, 3.63) is 23.8 Å². The summed E-state index contributed by atoms with van der Waals surface area (Å²) in [6.45, 7) is -0.554. The number of halogens is 2. The van der Waals surface area contributed by atoms with Gasteiger partial charge >= 0.3 is 17.8 Å². The highest BCUT2D eigenvalue weighted by Crippen LogP contribution is 2.44. The van der Waals surface area contributed by atoms with Gasteiger partial charge in [0.2, 0.25) is 0 Å². The molecule has 18 heavy (non-hydrogen) atoms. The molecule has 96 valence electrons. The molecule has 0 atom stereocenters. The lowest BCUT2D eigenvalue weighted by Crippen LogP contribution is -2.38. The van der Waals surface area contributed by atoms with Crippen LogP contribution in [0.15, 0.2) is 18.2 Å². The van der Waals surface area contributed by atoms with Crippen LogP contribution in [0.4, 0.5) is 20.2 Å². The van der Waals surface area contributed by atoms with Crippen molar-refractivity contribution in [3.63, 3.8) is 0 Å². The molecule has 0 aliphatic carbocycles. The zero-order valence-corrected chi connectivity index (χ0v) is 9.44. The van der Waals surface area contributed by atoms with E-state index in [0.29, 0.717) is 4.90 Å². The minimum absolute atomic E-state index is 0.0235. The van der Waals surface area contributed by atoms with Crippen molar-refractivity contribution >= 4 is 23.3 Å². The Morgan fingerprint density at radius 1 is 1.50 bits per heavy atom. The third-order valence-corrected chi connectivity index (χ3v) is 2.68. The van der Waals surface area contributed by atoms with Crippen LogP contribution in [0.2, 0.25) is 0 Å². The monoisotopic (exact) mass is 256 g/mol. The lowest BCUT2D eigenvalue weighted by molar-refractivity contribution is -0.145. The summed E-state index contributed by atoms with van der Waals surface area (Å²) in [6.07, 6.45) is 0. The molecule has 0 spiro atoms. The second-order valence-electron chi connectivity index (χ2n) is 3.82. The van der Waals surface area contributed by atoms with Crippen molar-refractivity contribution in [2.24, 2.45) is 0 Å². The van der Waals surface area contributed by atoms with Gasteiger partial charge in [0.1, 0.15) is 6.54 Å². The topological polar surface area (TPSA) is 72.6 Å². The van der Waals surface area contributed by atoms with Crippen molar-refractivity contribution in [3.8, 4) is 0 Å². The molecule has 1 amide bonds. The van der Waals surface area contributed by atoms with E-state index in [4.69, 9.17) is 5.73 Å². The minimum Gasteiger partial charge on any atom is -0.468 e. The Balaban J connectivity index is 2.47. The number of nitrogen functional groups attached to an aromatic ring is 1. The average Bonchev–Trinajstić information content (AvgIpc) is 2.51. The molecule has 0 unspecified atom stereocenters. The minimum atomic E-state index is -3.67. The van der Waals surface area contributed by atoms with Crippen molar-refractivity contribution in [1.82, 2.24) is 0 Å². The molecule has 0 radical (unpaired) electrons. The highest BCUT2D eigenvalue weighted by Gasteiger charge is 2.53. The van der Waals surface area contributed by atoms with Gasteiger partial charge in [-0.05, 0) is 18.2 Å². The van der Waals surface area contributed by atoms with E-state index in [1.54, 1.807) is 0 Å². The first-order valence-corrected chi connectivity index (χ1v) is 5.04. The second-order valence-corrected chi connectivity index (χ2v) is 3.82. The number of rotatable bonds is 2. The summed E-state index contributed by atoms with van der Waals surface area (Å²) >= 11 is 0. The number of methoxy groups -OCH3 is 1. The van der Waals surface area contributed by atoms with Gasteiger partial charge in [-0.15, -0.1) is 0 Å². The van der Waals surface area contributed by atoms with Gasteiger partial charge in [-0.1, -0.05) is 0 Å². The first kappa shape index (κ1) is 12.3. The Bertz CT molecular complexity index is 531. The van der Waals surface area contributed by atoms with Crippen molar-refractivity contribution in [2.75, 3.05) is 24.3 Å². The van der Waals surface area contributed by atoms with Crippen LogP contribution in [0.1, 0.15) is 5.56 Å². The molecule has 2 N–H and O–H groups in total. The van der Waals surface area contributed by atoms with Gasteiger partial charge in [0, 0.05) is 5.69 Å². The number of hydrogen-bond donors (Lipinski definition) is 1. The molecule has 1 aromatic rings. The first-order chi connectivity index (χ1) is 8.37. The fraction of sp³-hybridized carbons (Fsp3) is 0.273. The molecule has 1 heterocycles. The summed E-state index contributed by atoms with van der Waals surface area (Å²) in [7, 11) is 1.12. The Kier molecular flexibility index (Phi) is 2.68. The first-order valence-electron chi connectivity index (χ1n) is 5.04. The summed E-state index contributed by atoms with van der Waals surface area (Å²) in [4.78, 5) is 23.4. The predicted molar refractivity (Wildman–Crippen MR) is 59.1 cm³/mol. The molecule has 0 saturated carbocycles. The van der Waals surface area contributed by atoms with Gasteiger partial charge in [0.15, 0.2) is 0 Å². The van der Waals surface area contributed by atoms with Crippen LogP contribution in [-0.2, 0) is 20.2 Å². The quantitative estimate of drug-likeness (QED) is 0.629. The average molecular weight is 256 g/mol. The molecular weight excluding hydrogens is 246 g/mol. The molecule has 0 bridgehead atoms. The molecule has 0 saturated heterocycles. The SMILES string of the molecule is COC(=O)CN1C(=O)C(F)(F)c2cc(N)ccc21. The Labute approximate surface area is 101 Å². The summed E-state index contributed by atoms with van der Waals surface area (Å²) < 4.78 is 31.8. The van der Waals surface area contributed by atoms with E-state index in [1.807, 2.05) is 0 Å². The van der Waals surface area contributed by atoms with Crippen LogP contribution < -0.4 is 10.6 Å². The number of fused-ring (bicyclic) bond motifs is 1. The number of carbonyl (C=O) groups excluding carboxylic acids is 2. The molecule has 0 aromatic heterocycles. The third kappa shape index (κ3) is 1.68. The van der Waals surface area contributed by atoms with Gasteiger partial charge in [0.05, 0.1) is 18.4 Å². The van der Waals surface area contributed by atoms with E-state index < -0.39 is 29.9 Å². The molecule has 0 fully saturated rings. The highest BCUT2D eigenvalue weighted by atomic mass is 19.3. The van der Waals surface area contributed by atoms with E-state index in [-0.39, 0.29) is 11.4 Å². The second kappa shape index (κ2) is 3.94. The van der Waals surface area contributed by atoms with Crippen LogP contribution in [0.5, 0.6) is 0 Å². The van der Waals surface area contributed by atoms with Gasteiger partial charge in [-0.25, -0.2) is 0 Å². The Morgan fingerprint density at radius 2 is 2.17 bits per heavy atom. The molecule has 5 nitrogen and oxygen atoms in total. The number of amides is 1. The van der Waals surface area contributed by atoms with E-state index in [2.05, 4.69) is 4.74 Å². The summed E-state index contributed by atoms with van der Waals surface area (Å²) in [5.74, 6) is -5.89. The molecule has 1 aliphatic heterocycles.